The molecule has 2 heterocycles. The number of rotatable bonds is 6. The molecule has 0 bridgehead atoms. The summed E-state index contributed by atoms with van der Waals surface area (Å²) in [6.07, 6.45) is 1.95. The fraction of sp³-hybridized carbons (Fsp3) is 0.450. The molecule has 1 aliphatic carbocycles. The summed E-state index contributed by atoms with van der Waals surface area (Å²) in [6, 6.07) is 5.02. The zero-order valence-electron chi connectivity index (χ0n) is 16.7. The Kier molecular flexibility index (Phi) is 5.65. The first-order valence-electron chi connectivity index (χ1n) is 9.75. The Labute approximate surface area is 182 Å². The molecule has 2 aromatic heterocycles. The van der Waals surface area contributed by atoms with Crippen molar-refractivity contribution in [3.05, 3.63) is 54.6 Å². The maximum atomic E-state index is 13.2. The Hall–Kier alpha value is -2.29. The number of hydrogen-bond donors (Lipinski definition) is 2. The van der Waals surface area contributed by atoms with Crippen LogP contribution in [-0.4, -0.2) is 36.9 Å². The monoisotopic (exact) mass is 451 g/mol. The van der Waals surface area contributed by atoms with Crippen molar-refractivity contribution in [3.63, 3.8) is 0 Å². The van der Waals surface area contributed by atoms with Gasteiger partial charge in [0.15, 0.2) is 11.2 Å². The third kappa shape index (κ3) is 3.64. The lowest BCUT2D eigenvalue weighted by molar-refractivity contribution is 0.114. The summed E-state index contributed by atoms with van der Waals surface area (Å²) in [5.74, 6) is 1.39. The molecule has 8 nitrogen and oxygen atoms in total. The normalized spacial score (nSPS) is 18.6. The van der Waals surface area contributed by atoms with Crippen LogP contribution in [0.3, 0.4) is 0 Å². The van der Waals surface area contributed by atoms with Gasteiger partial charge in [-0.05, 0) is 42.4 Å². The van der Waals surface area contributed by atoms with Crippen molar-refractivity contribution in [2.24, 2.45) is 25.9 Å². The summed E-state index contributed by atoms with van der Waals surface area (Å²) >= 11 is 12.0. The van der Waals surface area contributed by atoms with Crippen molar-refractivity contribution in [3.8, 4) is 0 Å². The quantitative estimate of drug-likeness (QED) is 0.598. The number of nitrogens with one attached hydrogen (secondary N) is 1. The van der Waals surface area contributed by atoms with Gasteiger partial charge in [-0.25, -0.2) is 4.79 Å². The molecule has 0 aliphatic heterocycles. The van der Waals surface area contributed by atoms with Crippen LogP contribution in [0.4, 0.5) is 5.95 Å². The molecule has 2 N–H and O–H groups in total. The Morgan fingerprint density at radius 3 is 2.53 bits per heavy atom. The van der Waals surface area contributed by atoms with Gasteiger partial charge in [0.05, 0.1) is 16.6 Å². The molecule has 10 heteroatoms. The largest absolute Gasteiger partial charge is 0.396 e. The molecule has 1 saturated carbocycles. The fourth-order valence-corrected chi connectivity index (χ4v) is 4.31. The second kappa shape index (κ2) is 8.09. The molecule has 4 rings (SSSR count). The molecule has 1 aliphatic rings. The molecule has 160 valence electrons. The zero-order valence-corrected chi connectivity index (χ0v) is 18.2. The van der Waals surface area contributed by atoms with Crippen LogP contribution in [0, 0.1) is 11.8 Å². The molecular formula is C20H23Cl2N5O3. The smallest absolute Gasteiger partial charge is 0.332 e. The summed E-state index contributed by atoms with van der Waals surface area (Å²) in [7, 11) is 3.36. The molecule has 0 atom stereocenters. The second-order valence-corrected chi connectivity index (χ2v) is 8.73. The van der Waals surface area contributed by atoms with Gasteiger partial charge in [0.2, 0.25) is 5.95 Å². The molecule has 0 spiro atoms. The SMILES string of the molecule is Cn1c(NCC2CC(CO)C2)nc2c1c(=O)n(Cc1ccc(Cl)c(Cl)c1)c(=O)n2C. The number of aliphatic hydroxyl groups is 1. The van der Waals surface area contributed by atoms with E-state index < -0.39 is 11.2 Å². The van der Waals surface area contributed by atoms with Gasteiger partial charge in [-0.1, -0.05) is 29.3 Å². The number of hydrogen-bond acceptors (Lipinski definition) is 5. The number of aromatic nitrogens is 4. The summed E-state index contributed by atoms with van der Waals surface area (Å²) in [6.45, 7) is 1.01. The second-order valence-electron chi connectivity index (χ2n) is 7.91. The fourth-order valence-electron chi connectivity index (χ4n) is 3.99. The molecule has 0 saturated heterocycles. The highest BCUT2D eigenvalue weighted by Gasteiger charge is 2.28. The molecule has 0 amide bonds. The van der Waals surface area contributed by atoms with Crippen LogP contribution in [-0.2, 0) is 20.6 Å². The summed E-state index contributed by atoms with van der Waals surface area (Å²) in [4.78, 5) is 30.5. The number of aryl methyl sites for hydroxylation is 2. The van der Waals surface area contributed by atoms with Crippen LogP contribution in [0.1, 0.15) is 18.4 Å². The van der Waals surface area contributed by atoms with Crippen molar-refractivity contribution < 1.29 is 5.11 Å². The molecular weight excluding hydrogens is 429 g/mol. The number of imidazole rings is 1. The molecule has 0 radical (unpaired) electrons. The predicted octanol–water partition coefficient (Wildman–Crippen LogP) is 2.22. The minimum Gasteiger partial charge on any atom is -0.396 e. The van der Waals surface area contributed by atoms with Crippen LogP contribution >= 0.6 is 23.2 Å². The Bertz CT molecular complexity index is 1220. The van der Waals surface area contributed by atoms with E-state index >= 15 is 0 Å². The highest BCUT2D eigenvalue weighted by molar-refractivity contribution is 6.42. The standard InChI is InChI=1S/C20H23Cl2N5O3/c1-25-16-17(24-19(25)23-8-12-5-13(6-12)10-28)26(2)20(30)27(18(16)29)9-11-3-4-14(21)15(22)7-11/h3-4,7,12-13,28H,5-6,8-10H2,1-2H3,(H,23,24). The van der Waals surface area contributed by atoms with E-state index in [2.05, 4.69) is 10.3 Å². The van der Waals surface area contributed by atoms with E-state index in [1.165, 1.54) is 9.13 Å². The van der Waals surface area contributed by atoms with E-state index in [0.717, 1.165) is 12.8 Å². The Morgan fingerprint density at radius 1 is 1.13 bits per heavy atom. The number of fused-ring (bicyclic) bond motifs is 1. The predicted molar refractivity (Wildman–Crippen MR) is 118 cm³/mol. The zero-order chi connectivity index (χ0) is 21.6. The average molecular weight is 452 g/mol. The van der Waals surface area contributed by atoms with E-state index in [9.17, 15) is 9.59 Å². The molecule has 3 aromatic rings. The molecule has 0 unspecified atom stereocenters. The van der Waals surface area contributed by atoms with Crippen LogP contribution < -0.4 is 16.6 Å². The van der Waals surface area contributed by atoms with Gasteiger partial charge in [-0.2, -0.15) is 4.98 Å². The first kappa shape index (κ1) is 21.0. The van der Waals surface area contributed by atoms with Crippen molar-refractivity contribution >= 4 is 40.3 Å². The topological polar surface area (TPSA) is 94.1 Å². The van der Waals surface area contributed by atoms with Crippen LogP contribution in [0.15, 0.2) is 27.8 Å². The van der Waals surface area contributed by atoms with Gasteiger partial charge >= 0.3 is 5.69 Å². The lowest BCUT2D eigenvalue weighted by atomic mass is 9.75. The van der Waals surface area contributed by atoms with E-state index in [0.29, 0.717) is 51.1 Å². The van der Waals surface area contributed by atoms with Gasteiger partial charge < -0.3 is 15.0 Å². The highest BCUT2D eigenvalue weighted by atomic mass is 35.5. The van der Waals surface area contributed by atoms with Crippen molar-refractivity contribution in [1.29, 1.82) is 0 Å². The van der Waals surface area contributed by atoms with Gasteiger partial charge in [0.1, 0.15) is 0 Å². The number of benzene rings is 1. The Morgan fingerprint density at radius 2 is 1.87 bits per heavy atom. The first-order valence-corrected chi connectivity index (χ1v) is 10.5. The third-order valence-corrected chi connectivity index (χ3v) is 6.56. The first-order chi connectivity index (χ1) is 14.3. The number of aliphatic hydroxyl groups excluding tert-OH is 1. The molecule has 30 heavy (non-hydrogen) atoms. The van der Waals surface area contributed by atoms with E-state index in [1.54, 1.807) is 36.9 Å². The van der Waals surface area contributed by atoms with E-state index in [-0.39, 0.29) is 13.2 Å². The maximum Gasteiger partial charge on any atom is 0.332 e. The highest BCUT2D eigenvalue weighted by Crippen LogP contribution is 2.33. The summed E-state index contributed by atoms with van der Waals surface area (Å²) in [5, 5.41) is 13.2. The van der Waals surface area contributed by atoms with Crippen molar-refractivity contribution in [2.75, 3.05) is 18.5 Å². The van der Waals surface area contributed by atoms with E-state index in [1.807, 2.05) is 0 Å². The minimum absolute atomic E-state index is 0.0803. The van der Waals surface area contributed by atoms with Crippen molar-refractivity contribution in [1.82, 2.24) is 18.7 Å². The number of nitrogens with zero attached hydrogens (tertiary/aromatic N) is 4. The van der Waals surface area contributed by atoms with E-state index in [4.69, 9.17) is 28.3 Å². The maximum absolute atomic E-state index is 13.2. The summed E-state index contributed by atoms with van der Waals surface area (Å²) in [5.41, 5.74) is 0.523. The van der Waals surface area contributed by atoms with Gasteiger partial charge in [-0.15, -0.1) is 0 Å². The molecule has 1 fully saturated rings. The average Bonchev–Trinajstić information content (AvgIpc) is 3.02. The number of anilines is 1. The van der Waals surface area contributed by atoms with Crippen molar-refractivity contribution in [2.45, 2.75) is 19.4 Å². The van der Waals surface area contributed by atoms with Gasteiger partial charge in [-0.3, -0.25) is 13.9 Å². The molecule has 1 aromatic carbocycles. The van der Waals surface area contributed by atoms with Crippen LogP contribution in [0.2, 0.25) is 10.0 Å². The van der Waals surface area contributed by atoms with Crippen LogP contribution in [0.5, 0.6) is 0 Å². The van der Waals surface area contributed by atoms with Gasteiger partial charge in [0.25, 0.3) is 5.56 Å². The Balaban J connectivity index is 1.67. The lowest BCUT2D eigenvalue weighted by Crippen LogP contribution is -2.39. The van der Waals surface area contributed by atoms with Gasteiger partial charge in [0, 0.05) is 27.2 Å². The number of halogens is 2. The minimum atomic E-state index is -0.451. The third-order valence-electron chi connectivity index (χ3n) is 5.83. The van der Waals surface area contributed by atoms with Crippen LogP contribution in [0.25, 0.3) is 11.2 Å². The lowest BCUT2D eigenvalue weighted by Gasteiger charge is -2.34. The summed E-state index contributed by atoms with van der Waals surface area (Å²) < 4.78 is 4.24.